The molecule has 0 bridgehead atoms. The molecule has 1 fully saturated rings. The molecule has 0 radical (unpaired) electrons. The first kappa shape index (κ1) is 16.9. The molecule has 5 nitrogen and oxygen atoms in total. The van der Waals surface area contributed by atoms with Gasteiger partial charge in [-0.15, -0.1) is 0 Å². The molecule has 0 saturated carbocycles. The number of pyridine rings is 1. The normalized spacial score (nSPS) is 16.5. The molecule has 1 aliphatic heterocycles. The van der Waals surface area contributed by atoms with Gasteiger partial charge in [0.15, 0.2) is 5.82 Å². The average Bonchev–Trinajstić information content (AvgIpc) is 3.15. The third-order valence-electron chi connectivity index (χ3n) is 5.17. The van der Waals surface area contributed by atoms with E-state index in [9.17, 15) is 0 Å². The quantitative estimate of drug-likeness (QED) is 0.687. The number of aryl methyl sites for hydroxylation is 1. The summed E-state index contributed by atoms with van der Waals surface area (Å²) in [5.41, 5.74) is 4.27. The molecular weight excluding hydrogens is 324 g/mol. The third kappa shape index (κ3) is 3.53. The van der Waals surface area contributed by atoms with E-state index in [2.05, 4.69) is 51.2 Å². The predicted octanol–water partition coefficient (Wildman–Crippen LogP) is 4.65. The van der Waals surface area contributed by atoms with E-state index >= 15 is 0 Å². The minimum absolute atomic E-state index is 0.473. The maximum Gasteiger partial charge on any atom is 0.259 e. The summed E-state index contributed by atoms with van der Waals surface area (Å²) in [6, 6.07) is 13.2. The highest BCUT2D eigenvalue weighted by atomic mass is 16.5. The van der Waals surface area contributed by atoms with Gasteiger partial charge in [-0.3, -0.25) is 9.88 Å². The zero-order valence-corrected chi connectivity index (χ0v) is 15.4. The monoisotopic (exact) mass is 348 g/mol. The summed E-state index contributed by atoms with van der Waals surface area (Å²) >= 11 is 0. The second-order valence-electron chi connectivity index (χ2n) is 6.97. The van der Waals surface area contributed by atoms with Crippen LogP contribution in [0.15, 0.2) is 47.1 Å². The first-order valence-electron chi connectivity index (χ1n) is 9.32. The Balaban J connectivity index is 1.49. The van der Waals surface area contributed by atoms with Gasteiger partial charge in [0, 0.05) is 17.8 Å². The number of benzene rings is 1. The fourth-order valence-electron chi connectivity index (χ4n) is 3.55. The summed E-state index contributed by atoms with van der Waals surface area (Å²) < 4.78 is 5.19. The van der Waals surface area contributed by atoms with Gasteiger partial charge in [0.25, 0.3) is 5.89 Å². The maximum absolute atomic E-state index is 5.19. The molecule has 1 atom stereocenters. The summed E-state index contributed by atoms with van der Waals surface area (Å²) in [5, 5.41) is 3.82. The van der Waals surface area contributed by atoms with Crippen LogP contribution in [0.3, 0.4) is 0 Å². The van der Waals surface area contributed by atoms with E-state index in [1.807, 2.05) is 12.1 Å². The topological polar surface area (TPSA) is 55.1 Å². The highest BCUT2D eigenvalue weighted by Crippen LogP contribution is 2.27. The molecule has 26 heavy (non-hydrogen) atoms. The van der Waals surface area contributed by atoms with Crippen molar-refractivity contribution in [1.82, 2.24) is 20.0 Å². The number of hydrogen-bond donors (Lipinski definition) is 0. The SMILES string of the molecule is Cc1noc(-c2ccc(-c3ccc(C(C)N4CCCCC4)cc3)nc2)n1. The number of aromatic nitrogens is 3. The summed E-state index contributed by atoms with van der Waals surface area (Å²) in [6.07, 6.45) is 5.79. The van der Waals surface area contributed by atoms with Crippen molar-refractivity contribution in [3.8, 4) is 22.7 Å². The van der Waals surface area contributed by atoms with Crippen LogP contribution >= 0.6 is 0 Å². The van der Waals surface area contributed by atoms with Crippen molar-refractivity contribution < 1.29 is 4.52 Å². The molecule has 4 rings (SSSR count). The van der Waals surface area contributed by atoms with Crippen molar-refractivity contribution in [2.45, 2.75) is 39.2 Å². The molecule has 1 saturated heterocycles. The molecule has 5 heteroatoms. The number of likely N-dealkylation sites (tertiary alicyclic amines) is 1. The Morgan fingerprint density at radius 1 is 0.962 bits per heavy atom. The van der Waals surface area contributed by atoms with Crippen molar-refractivity contribution in [1.29, 1.82) is 0 Å². The van der Waals surface area contributed by atoms with E-state index in [0.717, 1.165) is 16.8 Å². The molecular formula is C21H24N4O. The van der Waals surface area contributed by atoms with Gasteiger partial charge in [-0.25, -0.2) is 0 Å². The molecule has 3 aromatic rings. The first-order valence-corrected chi connectivity index (χ1v) is 9.32. The number of rotatable bonds is 4. The van der Waals surface area contributed by atoms with E-state index in [1.165, 1.54) is 37.9 Å². The second kappa shape index (κ2) is 7.38. The molecule has 3 heterocycles. The molecule has 1 unspecified atom stereocenters. The van der Waals surface area contributed by atoms with Crippen molar-refractivity contribution in [2.75, 3.05) is 13.1 Å². The van der Waals surface area contributed by atoms with E-state index in [4.69, 9.17) is 4.52 Å². The zero-order chi connectivity index (χ0) is 17.9. The van der Waals surface area contributed by atoms with Crippen molar-refractivity contribution >= 4 is 0 Å². The summed E-state index contributed by atoms with van der Waals surface area (Å²) in [6.45, 7) is 6.53. The van der Waals surface area contributed by atoms with Gasteiger partial charge in [-0.2, -0.15) is 4.98 Å². The molecule has 0 spiro atoms. The van der Waals surface area contributed by atoms with E-state index < -0.39 is 0 Å². The van der Waals surface area contributed by atoms with Crippen molar-refractivity contribution in [2.24, 2.45) is 0 Å². The van der Waals surface area contributed by atoms with Crippen LogP contribution in [0, 0.1) is 6.92 Å². The lowest BCUT2D eigenvalue weighted by molar-refractivity contribution is 0.175. The Labute approximate surface area is 154 Å². The molecule has 1 aromatic carbocycles. The smallest absolute Gasteiger partial charge is 0.259 e. The maximum atomic E-state index is 5.19. The van der Waals surface area contributed by atoms with Crippen LogP contribution < -0.4 is 0 Å². The minimum Gasteiger partial charge on any atom is -0.334 e. The minimum atomic E-state index is 0.473. The van der Waals surface area contributed by atoms with Crippen LogP contribution in [0.4, 0.5) is 0 Å². The standard InChI is InChI=1S/C21H24N4O/c1-15(25-12-4-3-5-13-25)17-6-8-18(9-7-17)20-11-10-19(14-22-20)21-23-16(2)24-26-21/h6-11,14-15H,3-5,12-13H2,1-2H3. The van der Waals surface area contributed by atoms with Gasteiger partial charge in [0.2, 0.25) is 0 Å². The first-order chi connectivity index (χ1) is 12.7. The molecule has 0 N–H and O–H groups in total. The second-order valence-corrected chi connectivity index (χ2v) is 6.97. The number of nitrogens with zero attached hydrogens (tertiary/aromatic N) is 4. The fourth-order valence-corrected chi connectivity index (χ4v) is 3.55. The van der Waals surface area contributed by atoms with Crippen molar-refractivity contribution in [3.05, 3.63) is 54.0 Å². The number of piperidine rings is 1. The van der Waals surface area contributed by atoms with Crippen LogP contribution in [-0.2, 0) is 0 Å². The van der Waals surface area contributed by atoms with E-state index in [-0.39, 0.29) is 0 Å². The molecule has 134 valence electrons. The van der Waals surface area contributed by atoms with Gasteiger partial charge in [0.1, 0.15) is 0 Å². The Bertz CT molecular complexity index is 848. The Morgan fingerprint density at radius 3 is 2.31 bits per heavy atom. The van der Waals surface area contributed by atoms with Crippen LogP contribution in [0.25, 0.3) is 22.7 Å². The van der Waals surface area contributed by atoms with E-state index in [0.29, 0.717) is 17.8 Å². The largest absolute Gasteiger partial charge is 0.334 e. The lowest BCUT2D eigenvalue weighted by Gasteiger charge is -2.32. The van der Waals surface area contributed by atoms with Gasteiger partial charge >= 0.3 is 0 Å². The van der Waals surface area contributed by atoms with Crippen LogP contribution in [0.1, 0.15) is 43.6 Å². The third-order valence-corrected chi connectivity index (χ3v) is 5.17. The Morgan fingerprint density at radius 2 is 1.69 bits per heavy atom. The summed E-state index contributed by atoms with van der Waals surface area (Å²) in [5.74, 6) is 1.13. The van der Waals surface area contributed by atoms with Gasteiger partial charge in [0.05, 0.1) is 11.3 Å². The summed E-state index contributed by atoms with van der Waals surface area (Å²) in [4.78, 5) is 11.4. The average molecular weight is 348 g/mol. The van der Waals surface area contributed by atoms with Gasteiger partial charge in [-0.1, -0.05) is 35.8 Å². The summed E-state index contributed by atoms with van der Waals surface area (Å²) in [7, 11) is 0. The lowest BCUT2D eigenvalue weighted by Crippen LogP contribution is -2.32. The fraction of sp³-hybridized carbons (Fsp3) is 0.381. The highest BCUT2D eigenvalue weighted by Gasteiger charge is 2.18. The predicted molar refractivity (Wildman–Crippen MR) is 102 cm³/mol. The van der Waals surface area contributed by atoms with Gasteiger partial charge < -0.3 is 4.52 Å². The van der Waals surface area contributed by atoms with Crippen LogP contribution in [0.5, 0.6) is 0 Å². The van der Waals surface area contributed by atoms with Crippen LogP contribution in [-0.4, -0.2) is 33.1 Å². The number of hydrogen-bond acceptors (Lipinski definition) is 5. The molecule has 0 aliphatic carbocycles. The molecule has 2 aromatic heterocycles. The zero-order valence-electron chi connectivity index (χ0n) is 15.4. The lowest BCUT2D eigenvalue weighted by atomic mass is 10.0. The molecule has 0 amide bonds. The Hall–Kier alpha value is -2.53. The van der Waals surface area contributed by atoms with E-state index in [1.54, 1.807) is 13.1 Å². The van der Waals surface area contributed by atoms with Gasteiger partial charge in [-0.05, 0) is 57.5 Å². The highest BCUT2D eigenvalue weighted by molar-refractivity contribution is 5.62. The van der Waals surface area contributed by atoms with Crippen LogP contribution in [0.2, 0.25) is 0 Å². The van der Waals surface area contributed by atoms with Crippen molar-refractivity contribution in [3.63, 3.8) is 0 Å². The molecule has 1 aliphatic rings. The Kier molecular flexibility index (Phi) is 4.80.